The molecule has 1 aliphatic rings. The van der Waals surface area contributed by atoms with Crippen LogP contribution in [-0.2, 0) is 0 Å². The fourth-order valence-electron chi connectivity index (χ4n) is 2.99. The van der Waals surface area contributed by atoms with Crippen LogP contribution < -0.4 is 15.0 Å². The second-order valence-electron chi connectivity index (χ2n) is 6.07. The highest BCUT2D eigenvalue weighted by molar-refractivity contribution is 5.95. The zero-order valence-corrected chi connectivity index (χ0v) is 14.4. The summed E-state index contributed by atoms with van der Waals surface area (Å²) in [7, 11) is 0. The highest BCUT2D eigenvalue weighted by Gasteiger charge is 2.23. The zero-order valence-electron chi connectivity index (χ0n) is 14.4. The first-order valence-electron chi connectivity index (χ1n) is 8.64. The Morgan fingerprint density at radius 2 is 1.88 bits per heavy atom. The molecule has 0 unspecified atom stereocenters. The number of carbonyl (C=O) groups excluding carboxylic acids is 1. The highest BCUT2D eigenvalue weighted by Crippen LogP contribution is 2.31. The van der Waals surface area contributed by atoms with Crippen molar-refractivity contribution in [1.82, 2.24) is 5.32 Å². The Labute approximate surface area is 151 Å². The number of ether oxygens (including phenoxy) is 1. The normalized spacial score (nSPS) is 13.5. The summed E-state index contributed by atoms with van der Waals surface area (Å²) in [5.41, 5.74) is 0.830. The van der Waals surface area contributed by atoms with E-state index in [1.54, 1.807) is 12.1 Å². The molecular weight excluding hydrogens is 334 g/mol. The molecule has 1 N–H and O–H groups in total. The molecular formula is C19H21N3O4. The first-order chi connectivity index (χ1) is 12.6. The van der Waals surface area contributed by atoms with Crippen LogP contribution in [0.1, 0.15) is 23.2 Å². The van der Waals surface area contributed by atoms with E-state index in [0.717, 1.165) is 31.7 Å². The molecule has 3 rings (SSSR count). The van der Waals surface area contributed by atoms with Crippen molar-refractivity contribution in [2.24, 2.45) is 0 Å². The standard InChI is InChI=1S/C19H21N3O4/c23-19(20-10-13-26-16-6-2-1-3-7-16)15-8-9-17(18(14-15)22(24)25)21-11-4-5-12-21/h1-3,6-9,14H,4-5,10-13H2,(H,20,23). The third-order valence-electron chi connectivity index (χ3n) is 4.28. The van der Waals surface area contributed by atoms with Crippen molar-refractivity contribution in [3.63, 3.8) is 0 Å². The van der Waals surface area contributed by atoms with E-state index >= 15 is 0 Å². The van der Waals surface area contributed by atoms with Gasteiger partial charge in [-0.3, -0.25) is 14.9 Å². The lowest BCUT2D eigenvalue weighted by atomic mass is 10.1. The van der Waals surface area contributed by atoms with E-state index in [9.17, 15) is 14.9 Å². The van der Waals surface area contributed by atoms with Gasteiger partial charge in [0.2, 0.25) is 0 Å². The number of benzene rings is 2. The van der Waals surface area contributed by atoms with Gasteiger partial charge in [-0.2, -0.15) is 0 Å². The molecule has 0 spiro atoms. The smallest absolute Gasteiger partial charge is 0.293 e. The maximum absolute atomic E-state index is 12.3. The average Bonchev–Trinajstić information content (AvgIpc) is 3.20. The van der Waals surface area contributed by atoms with Gasteiger partial charge in [0.05, 0.1) is 11.5 Å². The molecule has 1 amide bonds. The summed E-state index contributed by atoms with van der Waals surface area (Å²) in [6.45, 7) is 2.26. The van der Waals surface area contributed by atoms with Crippen molar-refractivity contribution in [2.45, 2.75) is 12.8 Å². The predicted octanol–water partition coefficient (Wildman–Crippen LogP) is 3.00. The number of anilines is 1. The van der Waals surface area contributed by atoms with E-state index in [1.165, 1.54) is 6.07 Å². The SMILES string of the molecule is O=C(NCCOc1ccccc1)c1ccc(N2CCCC2)c([N+](=O)[O-])c1. The number of nitro groups is 1. The number of nitrogens with one attached hydrogen (secondary N) is 1. The molecule has 136 valence electrons. The molecule has 1 saturated heterocycles. The highest BCUT2D eigenvalue weighted by atomic mass is 16.6. The number of hydrogen-bond donors (Lipinski definition) is 1. The fraction of sp³-hybridized carbons (Fsp3) is 0.316. The summed E-state index contributed by atoms with van der Waals surface area (Å²) < 4.78 is 5.51. The number of amides is 1. The molecule has 2 aromatic rings. The number of nitro benzene ring substituents is 1. The van der Waals surface area contributed by atoms with E-state index in [-0.39, 0.29) is 17.2 Å². The molecule has 7 nitrogen and oxygen atoms in total. The molecule has 0 bridgehead atoms. The van der Waals surface area contributed by atoms with Crippen molar-refractivity contribution in [3.8, 4) is 5.75 Å². The third-order valence-corrected chi connectivity index (χ3v) is 4.28. The van der Waals surface area contributed by atoms with Crippen LogP contribution in [0.2, 0.25) is 0 Å². The van der Waals surface area contributed by atoms with Crippen LogP contribution >= 0.6 is 0 Å². The number of rotatable bonds is 7. The second kappa shape index (κ2) is 8.33. The third kappa shape index (κ3) is 4.30. The quantitative estimate of drug-likeness (QED) is 0.469. The Bertz CT molecular complexity index is 774. The van der Waals surface area contributed by atoms with Gasteiger partial charge in [-0.15, -0.1) is 0 Å². The molecule has 2 aromatic carbocycles. The lowest BCUT2D eigenvalue weighted by molar-refractivity contribution is -0.384. The van der Waals surface area contributed by atoms with E-state index in [4.69, 9.17) is 4.74 Å². The van der Waals surface area contributed by atoms with Crippen LogP contribution in [0.3, 0.4) is 0 Å². The van der Waals surface area contributed by atoms with Gasteiger partial charge in [-0.05, 0) is 37.1 Å². The number of para-hydroxylation sites is 1. The molecule has 0 saturated carbocycles. The predicted molar refractivity (Wildman–Crippen MR) is 98.8 cm³/mol. The average molecular weight is 355 g/mol. The van der Waals surface area contributed by atoms with Crippen molar-refractivity contribution >= 4 is 17.3 Å². The van der Waals surface area contributed by atoms with Gasteiger partial charge < -0.3 is 15.0 Å². The molecule has 0 radical (unpaired) electrons. The second-order valence-corrected chi connectivity index (χ2v) is 6.07. The summed E-state index contributed by atoms with van der Waals surface area (Å²) in [6, 6.07) is 14.0. The Balaban J connectivity index is 1.60. The largest absolute Gasteiger partial charge is 0.492 e. The van der Waals surface area contributed by atoms with Gasteiger partial charge in [0.25, 0.3) is 11.6 Å². The van der Waals surface area contributed by atoms with Gasteiger partial charge >= 0.3 is 0 Å². The van der Waals surface area contributed by atoms with Crippen LogP contribution in [-0.4, -0.2) is 37.1 Å². The minimum atomic E-state index is -0.428. The van der Waals surface area contributed by atoms with E-state index in [0.29, 0.717) is 18.8 Å². The van der Waals surface area contributed by atoms with Gasteiger partial charge in [0.15, 0.2) is 0 Å². The topological polar surface area (TPSA) is 84.7 Å². The molecule has 7 heteroatoms. The van der Waals surface area contributed by atoms with Crippen LogP contribution in [0.4, 0.5) is 11.4 Å². The molecule has 0 aromatic heterocycles. The van der Waals surface area contributed by atoms with Crippen molar-refractivity contribution in [3.05, 3.63) is 64.2 Å². The summed E-state index contributed by atoms with van der Waals surface area (Å²) in [5.74, 6) is 0.380. The van der Waals surface area contributed by atoms with Crippen molar-refractivity contribution in [1.29, 1.82) is 0 Å². The first kappa shape index (κ1) is 17.7. The monoisotopic (exact) mass is 355 g/mol. The molecule has 1 aliphatic heterocycles. The van der Waals surface area contributed by atoms with Crippen molar-refractivity contribution < 1.29 is 14.5 Å². The maximum atomic E-state index is 12.3. The van der Waals surface area contributed by atoms with Gasteiger partial charge in [-0.1, -0.05) is 18.2 Å². The van der Waals surface area contributed by atoms with E-state index < -0.39 is 4.92 Å². The summed E-state index contributed by atoms with van der Waals surface area (Å²) in [5, 5.41) is 14.1. The van der Waals surface area contributed by atoms with Crippen LogP contribution in [0.15, 0.2) is 48.5 Å². The minimum Gasteiger partial charge on any atom is -0.492 e. The van der Waals surface area contributed by atoms with Gasteiger partial charge in [-0.25, -0.2) is 0 Å². The van der Waals surface area contributed by atoms with Crippen LogP contribution in [0, 0.1) is 10.1 Å². The zero-order chi connectivity index (χ0) is 18.4. The van der Waals surface area contributed by atoms with Gasteiger partial charge in [0, 0.05) is 24.7 Å². The first-order valence-corrected chi connectivity index (χ1v) is 8.64. The Kier molecular flexibility index (Phi) is 5.68. The van der Waals surface area contributed by atoms with Crippen LogP contribution in [0.5, 0.6) is 5.75 Å². The number of hydrogen-bond acceptors (Lipinski definition) is 5. The van der Waals surface area contributed by atoms with Crippen molar-refractivity contribution in [2.75, 3.05) is 31.1 Å². The Morgan fingerprint density at radius 3 is 2.58 bits per heavy atom. The summed E-state index contributed by atoms with van der Waals surface area (Å²) in [6.07, 6.45) is 2.06. The van der Waals surface area contributed by atoms with Crippen LogP contribution in [0.25, 0.3) is 0 Å². The summed E-state index contributed by atoms with van der Waals surface area (Å²) in [4.78, 5) is 25.2. The van der Waals surface area contributed by atoms with Gasteiger partial charge in [0.1, 0.15) is 18.0 Å². The molecule has 26 heavy (non-hydrogen) atoms. The van der Waals surface area contributed by atoms with E-state index in [2.05, 4.69) is 5.32 Å². The number of carbonyl (C=O) groups is 1. The lowest BCUT2D eigenvalue weighted by Crippen LogP contribution is -2.28. The molecule has 1 heterocycles. The Morgan fingerprint density at radius 1 is 1.15 bits per heavy atom. The fourth-order valence-corrected chi connectivity index (χ4v) is 2.99. The molecule has 1 fully saturated rings. The maximum Gasteiger partial charge on any atom is 0.293 e. The Hall–Kier alpha value is -3.09. The molecule has 0 aliphatic carbocycles. The molecule has 0 atom stereocenters. The summed E-state index contributed by atoms with van der Waals surface area (Å²) >= 11 is 0. The minimum absolute atomic E-state index is 0.0277. The van der Waals surface area contributed by atoms with E-state index in [1.807, 2.05) is 35.2 Å². The lowest BCUT2D eigenvalue weighted by Gasteiger charge is -2.17. The number of nitrogens with zero attached hydrogens (tertiary/aromatic N) is 2.